The first-order chi connectivity index (χ1) is 7.97. The molecule has 0 saturated carbocycles. The van der Waals surface area contributed by atoms with Crippen LogP contribution in [0.3, 0.4) is 0 Å². The number of hydrogen-bond donors (Lipinski definition) is 0. The average Bonchev–Trinajstić information content (AvgIpc) is 2.54. The average molecular weight is 298 g/mol. The van der Waals surface area contributed by atoms with Gasteiger partial charge in [-0.1, -0.05) is 11.2 Å². The van der Waals surface area contributed by atoms with E-state index in [0.29, 0.717) is 17.0 Å². The van der Waals surface area contributed by atoms with Crippen molar-refractivity contribution in [3.63, 3.8) is 0 Å². The van der Waals surface area contributed by atoms with Crippen molar-refractivity contribution >= 4 is 27.4 Å². The summed E-state index contributed by atoms with van der Waals surface area (Å²) in [4.78, 5) is 17.2. The lowest BCUT2D eigenvalue weighted by Crippen LogP contribution is -2.33. The molecule has 0 aliphatic carbocycles. The molecule has 0 N–H and O–H groups in total. The first kappa shape index (κ1) is 12.1. The fourth-order valence-corrected chi connectivity index (χ4v) is 2.13. The van der Waals surface area contributed by atoms with Gasteiger partial charge in [-0.3, -0.25) is 4.79 Å². The maximum absolute atomic E-state index is 12.1. The molecule has 1 heterocycles. The summed E-state index contributed by atoms with van der Waals surface area (Å²) in [7, 11) is 1.55. The van der Waals surface area contributed by atoms with Crippen molar-refractivity contribution in [3.05, 3.63) is 28.2 Å². The van der Waals surface area contributed by atoms with Crippen molar-refractivity contribution in [3.8, 4) is 5.75 Å². The third-order valence-corrected chi connectivity index (χ3v) is 3.18. The molecule has 17 heavy (non-hydrogen) atoms. The van der Waals surface area contributed by atoms with Crippen LogP contribution in [0, 0.1) is 0 Å². The smallest absolute Gasteiger partial charge is 0.231 e. The number of para-hydroxylation sites is 1. The van der Waals surface area contributed by atoms with Crippen molar-refractivity contribution in [2.45, 2.75) is 19.4 Å². The van der Waals surface area contributed by atoms with Gasteiger partial charge in [0, 0.05) is 0 Å². The second-order valence-corrected chi connectivity index (χ2v) is 5.05. The summed E-state index contributed by atoms with van der Waals surface area (Å²) in [5, 5.41) is 3.86. The molecule has 1 aliphatic heterocycles. The van der Waals surface area contributed by atoms with E-state index in [1.807, 2.05) is 12.1 Å². The van der Waals surface area contributed by atoms with Crippen LogP contribution in [0.15, 0.2) is 27.8 Å². The summed E-state index contributed by atoms with van der Waals surface area (Å²) in [6.45, 7) is 3.38. The summed E-state index contributed by atoms with van der Waals surface area (Å²) in [5.74, 6) is 0.440. The fourth-order valence-electron chi connectivity index (χ4n) is 1.60. The molecular weight excluding hydrogens is 286 g/mol. The molecule has 1 aromatic carbocycles. The van der Waals surface area contributed by atoms with E-state index in [9.17, 15) is 4.79 Å². The highest BCUT2D eigenvalue weighted by molar-refractivity contribution is 9.10. The predicted molar refractivity (Wildman–Crippen MR) is 67.4 cm³/mol. The number of rotatable bonds is 2. The Labute approximate surface area is 108 Å². The molecule has 0 unspecified atom stereocenters. The summed E-state index contributed by atoms with van der Waals surface area (Å²) in [6.07, 6.45) is 0. The zero-order valence-corrected chi connectivity index (χ0v) is 11.4. The van der Waals surface area contributed by atoms with Crippen molar-refractivity contribution in [2.75, 3.05) is 7.11 Å². The minimum atomic E-state index is -0.900. The van der Waals surface area contributed by atoms with Crippen LogP contribution in [0.2, 0.25) is 0 Å². The Morgan fingerprint density at radius 3 is 2.65 bits per heavy atom. The molecule has 0 saturated heterocycles. The number of nitrogens with zero attached hydrogens (tertiary/aromatic N) is 1. The molecule has 2 rings (SSSR count). The third-order valence-electron chi connectivity index (χ3n) is 2.55. The molecule has 0 spiro atoms. The van der Waals surface area contributed by atoms with Crippen molar-refractivity contribution < 1.29 is 14.4 Å². The van der Waals surface area contributed by atoms with Gasteiger partial charge in [-0.15, -0.1) is 0 Å². The topological polar surface area (TPSA) is 47.9 Å². The lowest BCUT2D eigenvalue weighted by atomic mass is 9.96. The molecule has 0 amide bonds. The number of benzene rings is 1. The van der Waals surface area contributed by atoms with Gasteiger partial charge in [0.25, 0.3) is 0 Å². The Morgan fingerprint density at radius 2 is 2.12 bits per heavy atom. The van der Waals surface area contributed by atoms with E-state index in [-0.39, 0.29) is 5.78 Å². The van der Waals surface area contributed by atoms with Crippen LogP contribution in [0.4, 0.5) is 0 Å². The van der Waals surface area contributed by atoms with E-state index < -0.39 is 5.60 Å². The largest absolute Gasteiger partial charge is 0.495 e. The Balaban J connectivity index is 2.50. The zero-order valence-electron chi connectivity index (χ0n) is 9.78. The molecule has 0 bridgehead atoms. The Kier molecular flexibility index (Phi) is 2.95. The van der Waals surface area contributed by atoms with Gasteiger partial charge in [0.1, 0.15) is 5.75 Å². The SMILES string of the molecule is COc1c(Br)cccc1C1=NOC(C)(C)C1=O. The monoisotopic (exact) mass is 297 g/mol. The Bertz CT molecular complexity index is 508. The Morgan fingerprint density at radius 1 is 1.41 bits per heavy atom. The number of hydrogen-bond acceptors (Lipinski definition) is 4. The molecule has 1 aliphatic rings. The molecule has 90 valence electrons. The first-order valence-corrected chi connectivity index (χ1v) is 5.90. The van der Waals surface area contributed by atoms with Gasteiger partial charge in [-0.05, 0) is 41.9 Å². The quantitative estimate of drug-likeness (QED) is 0.843. The lowest BCUT2D eigenvalue weighted by molar-refractivity contribution is -0.128. The summed E-state index contributed by atoms with van der Waals surface area (Å²) in [5.41, 5.74) is 0.0356. The molecule has 5 heteroatoms. The number of carbonyl (C=O) groups excluding carboxylic acids is 1. The number of carbonyl (C=O) groups is 1. The molecule has 4 nitrogen and oxygen atoms in total. The molecule has 1 aromatic rings. The lowest BCUT2D eigenvalue weighted by Gasteiger charge is -2.12. The minimum absolute atomic E-state index is 0.145. The van der Waals surface area contributed by atoms with Crippen LogP contribution in [0.25, 0.3) is 0 Å². The van der Waals surface area contributed by atoms with Gasteiger partial charge in [0.2, 0.25) is 5.78 Å². The van der Waals surface area contributed by atoms with Crippen LogP contribution in [0.5, 0.6) is 5.75 Å². The van der Waals surface area contributed by atoms with Gasteiger partial charge in [0.15, 0.2) is 11.3 Å². The number of ether oxygens (including phenoxy) is 1. The summed E-state index contributed by atoms with van der Waals surface area (Å²) >= 11 is 3.37. The number of Topliss-reactive ketones (excluding diaryl/α,β-unsaturated/α-hetero) is 1. The fraction of sp³-hybridized carbons (Fsp3) is 0.333. The molecule has 0 fully saturated rings. The van der Waals surface area contributed by atoms with Crippen LogP contribution in [0.1, 0.15) is 19.4 Å². The van der Waals surface area contributed by atoms with Crippen LogP contribution in [-0.2, 0) is 9.63 Å². The molecule has 0 atom stereocenters. The van der Waals surface area contributed by atoms with E-state index in [1.54, 1.807) is 27.0 Å². The summed E-state index contributed by atoms with van der Waals surface area (Å²) < 4.78 is 6.05. The van der Waals surface area contributed by atoms with E-state index >= 15 is 0 Å². The minimum Gasteiger partial charge on any atom is -0.495 e. The van der Waals surface area contributed by atoms with E-state index in [2.05, 4.69) is 21.1 Å². The van der Waals surface area contributed by atoms with E-state index in [1.165, 1.54) is 0 Å². The van der Waals surface area contributed by atoms with Crippen LogP contribution in [-0.4, -0.2) is 24.2 Å². The molecule has 0 radical (unpaired) electrons. The highest BCUT2D eigenvalue weighted by Crippen LogP contribution is 2.32. The van der Waals surface area contributed by atoms with Gasteiger partial charge < -0.3 is 9.57 Å². The number of halogens is 1. The number of methoxy groups -OCH3 is 1. The first-order valence-electron chi connectivity index (χ1n) is 5.11. The van der Waals surface area contributed by atoms with Crippen molar-refractivity contribution in [2.24, 2.45) is 5.16 Å². The zero-order chi connectivity index (χ0) is 12.6. The highest BCUT2D eigenvalue weighted by Gasteiger charge is 2.41. The van der Waals surface area contributed by atoms with Gasteiger partial charge in [0.05, 0.1) is 17.1 Å². The van der Waals surface area contributed by atoms with Gasteiger partial charge >= 0.3 is 0 Å². The molecule has 0 aromatic heterocycles. The third kappa shape index (κ3) is 1.95. The standard InChI is InChI=1S/C12H12BrNO3/c1-12(2)11(15)9(14-17-12)7-5-4-6-8(13)10(7)16-3/h4-6H,1-3H3. The number of ketones is 1. The van der Waals surface area contributed by atoms with Gasteiger partial charge in [-0.2, -0.15) is 0 Å². The highest BCUT2D eigenvalue weighted by atomic mass is 79.9. The van der Waals surface area contributed by atoms with Crippen LogP contribution < -0.4 is 4.74 Å². The van der Waals surface area contributed by atoms with E-state index in [4.69, 9.17) is 9.57 Å². The van der Waals surface area contributed by atoms with Crippen molar-refractivity contribution in [1.82, 2.24) is 0 Å². The maximum atomic E-state index is 12.1. The second kappa shape index (κ2) is 4.14. The summed E-state index contributed by atoms with van der Waals surface area (Å²) in [6, 6.07) is 5.45. The van der Waals surface area contributed by atoms with E-state index in [0.717, 1.165) is 4.47 Å². The van der Waals surface area contributed by atoms with Crippen LogP contribution >= 0.6 is 15.9 Å². The predicted octanol–water partition coefficient (Wildman–Crippen LogP) is 2.54. The Hall–Kier alpha value is -1.36. The normalized spacial score (nSPS) is 17.6. The molecular formula is C12H12BrNO3. The second-order valence-electron chi connectivity index (χ2n) is 4.19. The maximum Gasteiger partial charge on any atom is 0.231 e. The van der Waals surface area contributed by atoms with Gasteiger partial charge in [-0.25, -0.2) is 0 Å². The van der Waals surface area contributed by atoms with Crippen molar-refractivity contribution in [1.29, 1.82) is 0 Å². The number of oxime groups is 1.